The Hall–Kier alpha value is -2.57. The molecule has 0 amide bonds. The summed E-state index contributed by atoms with van der Waals surface area (Å²) in [5.74, 6) is 0.0536. The van der Waals surface area contributed by atoms with Gasteiger partial charge in [0.25, 0.3) is 0 Å². The minimum Gasteiger partial charge on any atom is -0.465 e. The molecule has 0 unspecified atom stereocenters. The van der Waals surface area contributed by atoms with Crippen LogP contribution < -0.4 is 11.1 Å². The van der Waals surface area contributed by atoms with Crippen molar-refractivity contribution in [3.63, 3.8) is 0 Å². The van der Waals surface area contributed by atoms with Crippen molar-refractivity contribution >= 4 is 17.3 Å². The van der Waals surface area contributed by atoms with Crippen molar-refractivity contribution in [2.45, 2.75) is 13.5 Å². The molecule has 19 heavy (non-hydrogen) atoms. The predicted molar refractivity (Wildman–Crippen MR) is 68.6 cm³/mol. The van der Waals surface area contributed by atoms with Gasteiger partial charge in [-0.25, -0.2) is 4.79 Å². The number of ether oxygens (including phenoxy) is 1. The third kappa shape index (κ3) is 2.82. The molecule has 0 aliphatic rings. The SMILES string of the molecule is COC(=O)c1cc(NCc2ncon2)cc(C)c1N. The molecular weight excluding hydrogens is 248 g/mol. The number of anilines is 2. The number of hydrogen-bond donors (Lipinski definition) is 2. The zero-order valence-corrected chi connectivity index (χ0v) is 10.6. The van der Waals surface area contributed by atoms with Crippen LogP contribution in [-0.4, -0.2) is 23.2 Å². The summed E-state index contributed by atoms with van der Waals surface area (Å²) in [6, 6.07) is 3.47. The van der Waals surface area contributed by atoms with Crippen LogP contribution in [-0.2, 0) is 11.3 Å². The Bertz CT molecular complexity index is 581. The van der Waals surface area contributed by atoms with Crippen LogP contribution in [0.5, 0.6) is 0 Å². The van der Waals surface area contributed by atoms with Crippen molar-refractivity contribution in [3.8, 4) is 0 Å². The second-order valence-corrected chi connectivity index (χ2v) is 3.95. The molecule has 2 rings (SSSR count). The molecular formula is C12H14N4O3. The Morgan fingerprint density at radius 3 is 2.95 bits per heavy atom. The van der Waals surface area contributed by atoms with Crippen LogP contribution in [0, 0.1) is 6.92 Å². The molecule has 1 heterocycles. The molecule has 0 saturated carbocycles. The van der Waals surface area contributed by atoms with E-state index in [4.69, 9.17) is 10.5 Å². The van der Waals surface area contributed by atoms with E-state index in [0.29, 0.717) is 23.6 Å². The highest BCUT2D eigenvalue weighted by atomic mass is 16.5. The number of benzene rings is 1. The largest absolute Gasteiger partial charge is 0.465 e. The highest BCUT2D eigenvalue weighted by molar-refractivity contribution is 5.97. The van der Waals surface area contributed by atoms with E-state index in [1.165, 1.54) is 13.5 Å². The summed E-state index contributed by atoms with van der Waals surface area (Å²) >= 11 is 0. The van der Waals surface area contributed by atoms with Crippen LogP contribution in [0.3, 0.4) is 0 Å². The Balaban J connectivity index is 2.21. The molecule has 0 aliphatic carbocycles. The molecule has 0 bridgehead atoms. The van der Waals surface area contributed by atoms with Gasteiger partial charge in [0.05, 0.1) is 19.2 Å². The number of nitrogens with two attached hydrogens (primary N) is 1. The average Bonchev–Trinajstić information content (AvgIpc) is 2.92. The van der Waals surface area contributed by atoms with E-state index >= 15 is 0 Å². The van der Waals surface area contributed by atoms with Gasteiger partial charge in [-0.1, -0.05) is 5.16 Å². The van der Waals surface area contributed by atoms with E-state index in [9.17, 15) is 4.79 Å². The van der Waals surface area contributed by atoms with E-state index in [-0.39, 0.29) is 0 Å². The second-order valence-electron chi connectivity index (χ2n) is 3.95. The van der Waals surface area contributed by atoms with E-state index in [2.05, 4.69) is 20.0 Å². The summed E-state index contributed by atoms with van der Waals surface area (Å²) in [4.78, 5) is 15.5. The normalized spacial score (nSPS) is 10.2. The number of aromatic nitrogens is 2. The Morgan fingerprint density at radius 1 is 1.53 bits per heavy atom. The van der Waals surface area contributed by atoms with Crippen LogP contribution in [0.4, 0.5) is 11.4 Å². The van der Waals surface area contributed by atoms with E-state index < -0.39 is 5.97 Å². The fourth-order valence-electron chi connectivity index (χ4n) is 1.63. The molecule has 7 nitrogen and oxygen atoms in total. The molecule has 0 radical (unpaired) electrons. The summed E-state index contributed by atoms with van der Waals surface area (Å²) in [6.45, 7) is 2.21. The van der Waals surface area contributed by atoms with Gasteiger partial charge in [-0.2, -0.15) is 4.98 Å². The van der Waals surface area contributed by atoms with Crippen molar-refractivity contribution < 1.29 is 14.1 Å². The molecule has 3 N–H and O–H groups in total. The number of nitrogens with one attached hydrogen (secondary N) is 1. The topological polar surface area (TPSA) is 103 Å². The highest BCUT2D eigenvalue weighted by Crippen LogP contribution is 2.23. The third-order valence-corrected chi connectivity index (χ3v) is 2.65. The summed E-state index contributed by atoms with van der Waals surface area (Å²) in [7, 11) is 1.32. The Kier molecular flexibility index (Phi) is 3.65. The van der Waals surface area contributed by atoms with Gasteiger partial charge in [0.1, 0.15) is 0 Å². The van der Waals surface area contributed by atoms with Crippen LogP contribution in [0.25, 0.3) is 0 Å². The van der Waals surface area contributed by atoms with Crippen molar-refractivity contribution in [1.82, 2.24) is 10.1 Å². The summed E-state index contributed by atoms with van der Waals surface area (Å²) < 4.78 is 9.32. The maximum Gasteiger partial charge on any atom is 0.340 e. The lowest BCUT2D eigenvalue weighted by Crippen LogP contribution is -2.09. The minimum absolute atomic E-state index is 0.332. The summed E-state index contributed by atoms with van der Waals surface area (Å²) in [6.07, 6.45) is 1.26. The third-order valence-electron chi connectivity index (χ3n) is 2.65. The molecule has 1 aromatic carbocycles. The van der Waals surface area contributed by atoms with Crippen molar-refractivity contribution in [2.75, 3.05) is 18.2 Å². The lowest BCUT2D eigenvalue weighted by Gasteiger charge is -2.11. The van der Waals surface area contributed by atoms with Gasteiger partial charge in [0.2, 0.25) is 6.39 Å². The van der Waals surface area contributed by atoms with E-state index in [1.54, 1.807) is 6.07 Å². The van der Waals surface area contributed by atoms with Gasteiger partial charge in [-0.05, 0) is 24.6 Å². The van der Waals surface area contributed by atoms with Crippen LogP contribution in [0.15, 0.2) is 23.0 Å². The monoisotopic (exact) mass is 262 g/mol. The van der Waals surface area contributed by atoms with Gasteiger partial charge in [-0.15, -0.1) is 0 Å². The number of hydrogen-bond acceptors (Lipinski definition) is 7. The number of nitrogens with zero attached hydrogens (tertiary/aromatic N) is 2. The quantitative estimate of drug-likeness (QED) is 0.633. The van der Waals surface area contributed by atoms with Crippen molar-refractivity contribution in [1.29, 1.82) is 0 Å². The van der Waals surface area contributed by atoms with Crippen molar-refractivity contribution in [3.05, 3.63) is 35.5 Å². The molecule has 100 valence electrons. The maximum absolute atomic E-state index is 11.6. The van der Waals surface area contributed by atoms with E-state index in [1.807, 2.05) is 13.0 Å². The second kappa shape index (κ2) is 5.38. The minimum atomic E-state index is -0.469. The number of nitrogen functional groups attached to an aromatic ring is 1. The number of esters is 1. The highest BCUT2D eigenvalue weighted by Gasteiger charge is 2.13. The molecule has 0 aliphatic heterocycles. The zero-order chi connectivity index (χ0) is 13.8. The lowest BCUT2D eigenvalue weighted by atomic mass is 10.1. The first kappa shape index (κ1) is 12.9. The van der Waals surface area contributed by atoms with Gasteiger partial charge in [-0.3, -0.25) is 0 Å². The molecule has 0 spiro atoms. The molecule has 2 aromatic rings. The molecule has 0 fully saturated rings. The summed E-state index contributed by atoms with van der Waals surface area (Å²) in [5.41, 5.74) is 8.12. The van der Waals surface area contributed by atoms with Crippen LogP contribution >= 0.6 is 0 Å². The van der Waals surface area contributed by atoms with E-state index in [0.717, 1.165) is 11.3 Å². The van der Waals surface area contributed by atoms with Gasteiger partial charge in [0, 0.05) is 11.4 Å². The first-order valence-corrected chi connectivity index (χ1v) is 5.59. The standard InChI is InChI=1S/C12H14N4O3/c1-7-3-8(14-5-10-15-6-19-16-10)4-9(11(7)13)12(17)18-2/h3-4,6,14H,5,13H2,1-2H3. The smallest absolute Gasteiger partial charge is 0.340 e. The number of carbonyl (C=O) groups excluding carboxylic acids is 1. The molecule has 7 heteroatoms. The number of carbonyl (C=O) groups is 1. The fourth-order valence-corrected chi connectivity index (χ4v) is 1.63. The van der Waals surface area contributed by atoms with Gasteiger partial charge >= 0.3 is 5.97 Å². The number of methoxy groups -OCH3 is 1. The fraction of sp³-hybridized carbons (Fsp3) is 0.250. The molecule has 1 aromatic heterocycles. The molecule has 0 atom stereocenters. The number of aryl methyl sites for hydroxylation is 1. The number of rotatable bonds is 4. The Labute approximate surface area is 109 Å². The first-order chi connectivity index (χ1) is 9.11. The van der Waals surface area contributed by atoms with Crippen LogP contribution in [0.2, 0.25) is 0 Å². The lowest BCUT2D eigenvalue weighted by molar-refractivity contribution is 0.0602. The zero-order valence-electron chi connectivity index (χ0n) is 10.6. The van der Waals surface area contributed by atoms with Crippen LogP contribution in [0.1, 0.15) is 21.7 Å². The molecule has 0 saturated heterocycles. The van der Waals surface area contributed by atoms with Crippen molar-refractivity contribution in [2.24, 2.45) is 0 Å². The first-order valence-electron chi connectivity index (χ1n) is 5.59. The van der Waals surface area contributed by atoms with Gasteiger partial charge in [0.15, 0.2) is 5.82 Å². The summed E-state index contributed by atoms with van der Waals surface area (Å²) in [5, 5.41) is 6.77. The predicted octanol–water partition coefficient (Wildman–Crippen LogP) is 1.36. The van der Waals surface area contributed by atoms with Gasteiger partial charge < -0.3 is 20.3 Å². The average molecular weight is 262 g/mol. The Morgan fingerprint density at radius 2 is 2.32 bits per heavy atom. The maximum atomic E-state index is 11.6.